The molecule has 0 saturated heterocycles. The number of hydrogen-bond donors (Lipinski definition) is 3. The zero-order chi connectivity index (χ0) is 20.1. The Labute approximate surface area is 161 Å². The van der Waals surface area contributed by atoms with Crippen LogP contribution in [0.1, 0.15) is 63.2 Å². The van der Waals surface area contributed by atoms with Crippen molar-refractivity contribution in [3.05, 3.63) is 29.8 Å². The number of nitrogens with one attached hydrogen (secondary N) is 3. The standard InChI is InChI=1S/C20H31N3O4/c1-4-6-7-8-13-27-17-11-9-16(10-12-17)20(26)23-22-18(24)14-21-19(25)15(3)5-2/h9-12,15H,4-8,13-14H2,1-3H3,(H,21,25)(H,22,24)(H,23,26). The summed E-state index contributed by atoms with van der Waals surface area (Å²) < 4.78 is 5.63. The summed E-state index contributed by atoms with van der Waals surface area (Å²) in [6, 6.07) is 6.72. The predicted molar refractivity (Wildman–Crippen MR) is 104 cm³/mol. The summed E-state index contributed by atoms with van der Waals surface area (Å²) in [5.74, 6) is -0.568. The molecule has 0 aromatic heterocycles. The first kappa shape index (κ1) is 22.5. The molecule has 0 aliphatic rings. The molecule has 1 unspecified atom stereocenters. The van der Waals surface area contributed by atoms with Crippen molar-refractivity contribution >= 4 is 17.7 Å². The fourth-order valence-corrected chi connectivity index (χ4v) is 2.19. The Bertz CT molecular complexity index is 602. The number of carbonyl (C=O) groups is 3. The fourth-order valence-electron chi connectivity index (χ4n) is 2.19. The van der Waals surface area contributed by atoms with E-state index in [9.17, 15) is 14.4 Å². The summed E-state index contributed by atoms with van der Waals surface area (Å²) in [4.78, 5) is 35.3. The highest BCUT2D eigenvalue weighted by Crippen LogP contribution is 2.13. The van der Waals surface area contributed by atoms with Gasteiger partial charge < -0.3 is 10.1 Å². The van der Waals surface area contributed by atoms with Crippen LogP contribution in [-0.2, 0) is 9.59 Å². The first-order chi connectivity index (χ1) is 13.0. The van der Waals surface area contributed by atoms with Crippen molar-refractivity contribution in [2.24, 2.45) is 5.92 Å². The van der Waals surface area contributed by atoms with Crippen LogP contribution < -0.4 is 20.9 Å². The number of benzene rings is 1. The molecule has 0 bridgehead atoms. The molecule has 0 heterocycles. The van der Waals surface area contributed by atoms with Crippen LogP contribution in [0.15, 0.2) is 24.3 Å². The van der Waals surface area contributed by atoms with E-state index >= 15 is 0 Å². The quantitative estimate of drug-likeness (QED) is 0.408. The minimum Gasteiger partial charge on any atom is -0.494 e. The van der Waals surface area contributed by atoms with E-state index in [2.05, 4.69) is 23.1 Å². The number of carbonyl (C=O) groups excluding carboxylic acids is 3. The summed E-state index contributed by atoms with van der Waals surface area (Å²) in [6.07, 6.45) is 5.24. The van der Waals surface area contributed by atoms with Gasteiger partial charge in [-0.1, -0.05) is 40.0 Å². The number of ether oxygens (including phenoxy) is 1. The van der Waals surface area contributed by atoms with Gasteiger partial charge in [-0.25, -0.2) is 0 Å². The van der Waals surface area contributed by atoms with Gasteiger partial charge in [-0.3, -0.25) is 25.2 Å². The molecular weight excluding hydrogens is 346 g/mol. The molecule has 3 amide bonds. The SMILES string of the molecule is CCCCCCOc1ccc(C(=O)NNC(=O)CNC(=O)C(C)CC)cc1. The van der Waals surface area contributed by atoms with Gasteiger partial charge in [0.2, 0.25) is 5.91 Å². The average Bonchev–Trinajstić information content (AvgIpc) is 2.69. The molecule has 1 atom stereocenters. The predicted octanol–water partition coefficient (Wildman–Crippen LogP) is 2.57. The maximum absolute atomic E-state index is 12.0. The lowest BCUT2D eigenvalue weighted by atomic mass is 10.1. The van der Waals surface area contributed by atoms with Crippen LogP contribution in [0.4, 0.5) is 0 Å². The molecule has 3 N–H and O–H groups in total. The second-order valence-corrected chi connectivity index (χ2v) is 6.46. The molecule has 7 nitrogen and oxygen atoms in total. The van der Waals surface area contributed by atoms with Crippen LogP contribution in [0.2, 0.25) is 0 Å². The topological polar surface area (TPSA) is 96.5 Å². The lowest BCUT2D eigenvalue weighted by Gasteiger charge is -2.11. The second-order valence-electron chi connectivity index (χ2n) is 6.46. The van der Waals surface area contributed by atoms with E-state index in [1.54, 1.807) is 31.2 Å². The van der Waals surface area contributed by atoms with Gasteiger partial charge in [0.05, 0.1) is 13.2 Å². The third-order valence-corrected chi connectivity index (χ3v) is 4.18. The molecule has 150 valence electrons. The molecule has 0 fully saturated rings. The van der Waals surface area contributed by atoms with Gasteiger partial charge in [-0.2, -0.15) is 0 Å². The summed E-state index contributed by atoms with van der Waals surface area (Å²) in [6.45, 7) is 6.31. The van der Waals surface area contributed by atoms with Crippen molar-refractivity contribution in [2.75, 3.05) is 13.2 Å². The zero-order valence-electron chi connectivity index (χ0n) is 16.5. The molecule has 0 aliphatic carbocycles. The Kier molecular flexibility index (Phi) is 10.6. The van der Waals surface area contributed by atoms with Gasteiger partial charge in [-0.05, 0) is 37.1 Å². The Balaban J connectivity index is 2.31. The van der Waals surface area contributed by atoms with Crippen molar-refractivity contribution in [3.8, 4) is 5.75 Å². The van der Waals surface area contributed by atoms with Crippen LogP contribution in [0, 0.1) is 5.92 Å². The molecule has 0 spiro atoms. The summed E-state index contributed by atoms with van der Waals surface area (Å²) in [5, 5.41) is 2.52. The van der Waals surface area contributed by atoms with E-state index in [4.69, 9.17) is 4.74 Å². The van der Waals surface area contributed by atoms with Crippen molar-refractivity contribution in [2.45, 2.75) is 52.9 Å². The lowest BCUT2D eigenvalue weighted by molar-refractivity contribution is -0.128. The van der Waals surface area contributed by atoms with Crippen molar-refractivity contribution in [1.29, 1.82) is 0 Å². The first-order valence-electron chi connectivity index (χ1n) is 9.57. The summed E-state index contributed by atoms with van der Waals surface area (Å²) >= 11 is 0. The number of unbranched alkanes of at least 4 members (excludes halogenated alkanes) is 3. The number of rotatable bonds is 11. The fraction of sp³-hybridized carbons (Fsp3) is 0.550. The summed E-state index contributed by atoms with van der Waals surface area (Å²) in [7, 11) is 0. The average molecular weight is 377 g/mol. The van der Waals surface area contributed by atoms with Gasteiger partial charge in [0, 0.05) is 11.5 Å². The van der Waals surface area contributed by atoms with Crippen molar-refractivity contribution < 1.29 is 19.1 Å². The molecule has 27 heavy (non-hydrogen) atoms. The van der Waals surface area contributed by atoms with Crippen LogP contribution >= 0.6 is 0 Å². The summed E-state index contributed by atoms with van der Waals surface area (Å²) in [5.41, 5.74) is 5.00. The van der Waals surface area contributed by atoms with Gasteiger partial charge in [0.25, 0.3) is 11.8 Å². The monoisotopic (exact) mass is 377 g/mol. The maximum Gasteiger partial charge on any atom is 0.269 e. The van der Waals surface area contributed by atoms with Crippen LogP contribution in [0.3, 0.4) is 0 Å². The molecule has 1 aromatic carbocycles. The molecule has 0 aliphatic heterocycles. The Hall–Kier alpha value is -2.57. The van der Waals surface area contributed by atoms with Crippen molar-refractivity contribution in [3.63, 3.8) is 0 Å². The third-order valence-electron chi connectivity index (χ3n) is 4.18. The highest BCUT2D eigenvalue weighted by Gasteiger charge is 2.12. The molecule has 1 aromatic rings. The normalized spacial score (nSPS) is 11.4. The van der Waals surface area contributed by atoms with Crippen LogP contribution in [0.25, 0.3) is 0 Å². The molecular formula is C20H31N3O4. The van der Waals surface area contributed by atoms with E-state index < -0.39 is 11.8 Å². The van der Waals surface area contributed by atoms with E-state index in [1.165, 1.54) is 12.8 Å². The van der Waals surface area contributed by atoms with Crippen LogP contribution in [-0.4, -0.2) is 30.9 Å². The maximum atomic E-state index is 12.0. The molecule has 7 heteroatoms. The van der Waals surface area contributed by atoms with E-state index in [0.29, 0.717) is 24.3 Å². The van der Waals surface area contributed by atoms with E-state index in [-0.39, 0.29) is 18.4 Å². The number of hydrazine groups is 1. The smallest absolute Gasteiger partial charge is 0.269 e. The van der Waals surface area contributed by atoms with E-state index in [1.807, 2.05) is 6.92 Å². The minimum absolute atomic E-state index is 0.153. The second kappa shape index (κ2) is 12.7. The Morgan fingerprint density at radius 1 is 1.00 bits per heavy atom. The van der Waals surface area contributed by atoms with Gasteiger partial charge in [0.1, 0.15) is 5.75 Å². The lowest BCUT2D eigenvalue weighted by Crippen LogP contribution is -2.47. The van der Waals surface area contributed by atoms with Gasteiger partial charge in [0.15, 0.2) is 0 Å². The van der Waals surface area contributed by atoms with Gasteiger partial charge >= 0.3 is 0 Å². The zero-order valence-corrected chi connectivity index (χ0v) is 16.5. The van der Waals surface area contributed by atoms with Crippen LogP contribution in [0.5, 0.6) is 5.75 Å². The first-order valence-corrected chi connectivity index (χ1v) is 9.57. The molecule has 0 saturated carbocycles. The number of hydrogen-bond acceptors (Lipinski definition) is 4. The molecule has 1 rings (SSSR count). The highest BCUT2D eigenvalue weighted by molar-refractivity contribution is 5.96. The van der Waals surface area contributed by atoms with Gasteiger partial charge in [-0.15, -0.1) is 0 Å². The highest BCUT2D eigenvalue weighted by atomic mass is 16.5. The number of amides is 3. The van der Waals surface area contributed by atoms with Crippen molar-refractivity contribution in [1.82, 2.24) is 16.2 Å². The minimum atomic E-state index is -0.493. The largest absolute Gasteiger partial charge is 0.494 e. The molecule has 0 radical (unpaired) electrons. The third kappa shape index (κ3) is 9.08. The van der Waals surface area contributed by atoms with E-state index in [0.717, 1.165) is 12.8 Å². The Morgan fingerprint density at radius 2 is 1.70 bits per heavy atom. The Morgan fingerprint density at radius 3 is 2.33 bits per heavy atom.